The summed E-state index contributed by atoms with van der Waals surface area (Å²) in [4.78, 5) is 0. The third-order valence-electron chi connectivity index (χ3n) is 2.44. The lowest BCUT2D eigenvalue weighted by molar-refractivity contribution is 0.149. The first-order chi connectivity index (χ1) is 7.63. The molecular weight excluding hydrogens is 205 g/mol. The molecule has 0 aliphatic rings. The van der Waals surface area contributed by atoms with Gasteiger partial charge >= 0.3 is 0 Å². The zero-order valence-electron chi connectivity index (χ0n) is 10.2. The fourth-order valence-electron chi connectivity index (χ4n) is 1.39. The second-order valence-electron chi connectivity index (χ2n) is 4.16. The van der Waals surface area contributed by atoms with Crippen molar-refractivity contribution in [1.82, 2.24) is 5.32 Å². The summed E-state index contributed by atoms with van der Waals surface area (Å²) in [7, 11) is 0. The molecule has 90 valence electrons. The average Bonchev–Trinajstić information content (AvgIpc) is 2.26. The molecule has 0 aliphatic carbocycles. The second-order valence-corrected chi connectivity index (χ2v) is 4.16. The van der Waals surface area contributed by atoms with E-state index in [2.05, 4.69) is 26.1 Å². The van der Waals surface area contributed by atoms with E-state index < -0.39 is 0 Å². The molecule has 16 heavy (non-hydrogen) atoms. The van der Waals surface area contributed by atoms with E-state index in [1.807, 2.05) is 0 Å². The van der Waals surface area contributed by atoms with Crippen LogP contribution in [-0.4, -0.2) is 19.2 Å². The van der Waals surface area contributed by atoms with Crippen LogP contribution in [0.1, 0.15) is 20.8 Å². The van der Waals surface area contributed by atoms with Crippen molar-refractivity contribution in [3.05, 3.63) is 30.1 Å². The minimum absolute atomic E-state index is 0.116. The van der Waals surface area contributed by atoms with E-state index in [0.717, 1.165) is 18.8 Å². The molecule has 0 bridgehead atoms. The Kier molecular flexibility index (Phi) is 5.26. The molecule has 0 aromatic heterocycles. The van der Waals surface area contributed by atoms with Crippen LogP contribution >= 0.6 is 0 Å². The molecule has 0 fully saturated rings. The van der Waals surface area contributed by atoms with E-state index in [-0.39, 0.29) is 11.9 Å². The highest BCUT2D eigenvalue weighted by Crippen LogP contribution is 2.16. The quantitative estimate of drug-likeness (QED) is 0.803. The lowest BCUT2D eigenvalue weighted by atomic mass is 10.1. The van der Waals surface area contributed by atoms with E-state index in [9.17, 15) is 4.39 Å². The van der Waals surface area contributed by atoms with Crippen molar-refractivity contribution < 1.29 is 9.13 Å². The first-order valence-electron chi connectivity index (χ1n) is 5.76. The third-order valence-corrected chi connectivity index (χ3v) is 2.44. The maximum atomic E-state index is 12.7. The van der Waals surface area contributed by atoms with E-state index in [1.165, 1.54) is 12.1 Å². The van der Waals surface area contributed by atoms with E-state index in [4.69, 9.17) is 4.74 Å². The molecule has 0 spiro atoms. The molecule has 1 rings (SSSR count). The van der Waals surface area contributed by atoms with Gasteiger partial charge in [-0.05, 0) is 36.7 Å². The van der Waals surface area contributed by atoms with Crippen LogP contribution in [0.4, 0.5) is 4.39 Å². The molecule has 0 amide bonds. The predicted molar refractivity (Wildman–Crippen MR) is 64.2 cm³/mol. The molecule has 2 nitrogen and oxygen atoms in total. The molecule has 0 radical (unpaired) electrons. The Labute approximate surface area is 96.8 Å². The van der Waals surface area contributed by atoms with Crippen LogP contribution in [0.5, 0.6) is 5.75 Å². The first kappa shape index (κ1) is 13.0. The zero-order chi connectivity index (χ0) is 12.0. The summed E-state index contributed by atoms with van der Waals surface area (Å²) in [5, 5.41) is 3.26. The Morgan fingerprint density at radius 1 is 1.25 bits per heavy atom. The van der Waals surface area contributed by atoms with Crippen LogP contribution in [-0.2, 0) is 0 Å². The van der Waals surface area contributed by atoms with Gasteiger partial charge in [0.15, 0.2) is 0 Å². The Morgan fingerprint density at radius 2 is 1.88 bits per heavy atom. The molecule has 1 aromatic rings. The van der Waals surface area contributed by atoms with Gasteiger partial charge in [-0.2, -0.15) is 0 Å². The first-order valence-corrected chi connectivity index (χ1v) is 5.76. The highest BCUT2D eigenvalue weighted by atomic mass is 19.1. The van der Waals surface area contributed by atoms with Crippen LogP contribution in [0.3, 0.4) is 0 Å². The summed E-state index contributed by atoms with van der Waals surface area (Å²) < 4.78 is 18.5. The standard InChI is InChI=1S/C13H20FNO/c1-4-15-9-13(10(2)3)16-12-7-5-11(14)6-8-12/h5-8,10,13,15H,4,9H2,1-3H3. The van der Waals surface area contributed by atoms with Crippen molar-refractivity contribution >= 4 is 0 Å². The minimum Gasteiger partial charge on any atom is -0.489 e. The fourth-order valence-corrected chi connectivity index (χ4v) is 1.39. The SMILES string of the molecule is CCNCC(Oc1ccc(F)cc1)C(C)C. The number of halogens is 1. The van der Waals surface area contributed by atoms with Gasteiger partial charge < -0.3 is 10.1 Å². The normalized spacial score (nSPS) is 12.8. The molecule has 1 aromatic carbocycles. The number of hydrogen-bond donors (Lipinski definition) is 1. The Bertz CT molecular complexity index is 297. The van der Waals surface area contributed by atoms with E-state index in [0.29, 0.717) is 5.92 Å². The van der Waals surface area contributed by atoms with Gasteiger partial charge in [0, 0.05) is 6.54 Å². The molecule has 1 N–H and O–H groups in total. The van der Waals surface area contributed by atoms with Crippen LogP contribution in [0.15, 0.2) is 24.3 Å². The van der Waals surface area contributed by atoms with Crippen LogP contribution in [0, 0.1) is 11.7 Å². The Morgan fingerprint density at radius 3 is 2.38 bits per heavy atom. The molecule has 1 atom stereocenters. The maximum Gasteiger partial charge on any atom is 0.123 e. The largest absolute Gasteiger partial charge is 0.489 e. The number of nitrogens with one attached hydrogen (secondary N) is 1. The molecule has 0 aliphatic heterocycles. The smallest absolute Gasteiger partial charge is 0.123 e. The minimum atomic E-state index is -0.236. The third kappa shape index (κ3) is 4.19. The molecule has 0 heterocycles. The highest BCUT2D eigenvalue weighted by Gasteiger charge is 2.14. The van der Waals surface area contributed by atoms with E-state index in [1.54, 1.807) is 12.1 Å². The van der Waals surface area contributed by atoms with Gasteiger partial charge in [0.2, 0.25) is 0 Å². The molecular formula is C13H20FNO. The van der Waals surface area contributed by atoms with Crippen molar-refractivity contribution in [2.45, 2.75) is 26.9 Å². The summed E-state index contributed by atoms with van der Waals surface area (Å²) in [5.41, 5.74) is 0. The summed E-state index contributed by atoms with van der Waals surface area (Å²) in [6.45, 7) is 8.04. The summed E-state index contributed by atoms with van der Waals surface area (Å²) >= 11 is 0. The Hall–Kier alpha value is -1.09. The van der Waals surface area contributed by atoms with Crippen molar-refractivity contribution in [2.24, 2.45) is 5.92 Å². The van der Waals surface area contributed by atoms with Crippen molar-refractivity contribution in [3.8, 4) is 5.75 Å². The van der Waals surface area contributed by atoms with E-state index >= 15 is 0 Å². The number of rotatable bonds is 6. The number of benzene rings is 1. The zero-order valence-corrected chi connectivity index (χ0v) is 10.2. The lowest BCUT2D eigenvalue weighted by Crippen LogP contribution is -2.35. The maximum absolute atomic E-state index is 12.7. The van der Waals surface area contributed by atoms with Gasteiger partial charge in [-0.1, -0.05) is 20.8 Å². The molecule has 1 unspecified atom stereocenters. The monoisotopic (exact) mass is 225 g/mol. The topological polar surface area (TPSA) is 21.3 Å². The highest BCUT2D eigenvalue weighted by molar-refractivity contribution is 5.22. The number of likely N-dealkylation sites (N-methyl/N-ethyl adjacent to an activating group) is 1. The van der Waals surface area contributed by atoms with Gasteiger partial charge in [0.25, 0.3) is 0 Å². The second kappa shape index (κ2) is 6.48. The van der Waals surface area contributed by atoms with Crippen molar-refractivity contribution in [1.29, 1.82) is 0 Å². The van der Waals surface area contributed by atoms with Crippen molar-refractivity contribution in [2.75, 3.05) is 13.1 Å². The average molecular weight is 225 g/mol. The fraction of sp³-hybridized carbons (Fsp3) is 0.538. The van der Waals surface area contributed by atoms with Gasteiger partial charge in [-0.25, -0.2) is 4.39 Å². The van der Waals surface area contributed by atoms with Gasteiger partial charge in [0.1, 0.15) is 17.7 Å². The van der Waals surface area contributed by atoms with Gasteiger partial charge in [0.05, 0.1) is 0 Å². The summed E-state index contributed by atoms with van der Waals surface area (Å²) in [5.74, 6) is 0.905. The lowest BCUT2D eigenvalue weighted by Gasteiger charge is -2.22. The summed E-state index contributed by atoms with van der Waals surface area (Å²) in [6.07, 6.45) is 0.116. The summed E-state index contributed by atoms with van der Waals surface area (Å²) in [6, 6.07) is 6.16. The number of ether oxygens (including phenoxy) is 1. The van der Waals surface area contributed by atoms with Gasteiger partial charge in [-0.15, -0.1) is 0 Å². The Balaban J connectivity index is 2.57. The predicted octanol–water partition coefficient (Wildman–Crippen LogP) is 2.84. The number of hydrogen-bond acceptors (Lipinski definition) is 2. The van der Waals surface area contributed by atoms with Crippen LogP contribution in [0.25, 0.3) is 0 Å². The molecule has 0 saturated heterocycles. The molecule has 3 heteroatoms. The van der Waals surface area contributed by atoms with Gasteiger partial charge in [-0.3, -0.25) is 0 Å². The molecule has 0 saturated carbocycles. The van der Waals surface area contributed by atoms with Crippen LogP contribution in [0.2, 0.25) is 0 Å². The van der Waals surface area contributed by atoms with Crippen LogP contribution < -0.4 is 10.1 Å². The van der Waals surface area contributed by atoms with Crippen molar-refractivity contribution in [3.63, 3.8) is 0 Å².